The second kappa shape index (κ2) is 5.23. The minimum atomic E-state index is -0.403. The quantitative estimate of drug-likeness (QED) is 0.510. The van der Waals surface area contributed by atoms with E-state index in [0.717, 1.165) is 19.1 Å². The summed E-state index contributed by atoms with van der Waals surface area (Å²) in [5.74, 6) is 0.375. The highest BCUT2D eigenvalue weighted by atomic mass is 16.7. The Hall–Kier alpha value is -0.490. The Kier molecular flexibility index (Phi) is 3.91. The lowest BCUT2D eigenvalue weighted by molar-refractivity contribution is -0.149. The Labute approximate surface area is 95.0 Å². The number of hydrogen-bond acceptors (Lipinski definition) is 5. The molecule has 1 aliphatic heterocycles. The van der Waals surface area contributed by atoms with Gasteiger partial charge in [-0.05, 0) is 12.8 Å². The molecule has 92 valence electrons. The van der Waals surface area contributed by atoms with Crippen LogP contribution < -0.4 is 0 Å². The van der Waals surface area contributed by atoms with Gasteiger partial charge in [-0.1, -0.05) is 0 Å². The summed E-state index contributed by atoms with van der Waals surface area (Å²) in [7, 11) is 3.20. The Morgan fingerprint density at radius 2 is 2.19 bits per heavy atom. The zero-order chi connectivity index (χ0) is 11.5. The number of methoxy groups -OCH3 is 2. The van der Waals surface area contributed by atoms with Gasteiger partial charge in [-0.3, -0.25) is 0 Å². The topological polar surface area (TPSA) is 54.0 Å². The van der Waals surface area contributed by atoms with Crippen LogP contribution in [0.4, 0.5) is 0 Å². The Balaban J connectivity index is 2.03. The molecule has 0 aromatic rings. The maximum atomic E-state index is 11.0. The first-order valence-electron chi connectivity index (χ1n) is 5.56. The minimum Gasteiger partial charge on any atom is -0.359 e. The molecule has 1 saturated heterocycles. The highest BCUT2D eigenvalue weighted by Gasteiger charge is 2.52. The molecule has 0 unspecified atom stereocenters. The van der Waals surface area contributed by atoms with Crippen LogP contribution >= 0.6 is 0 Å². The van der Waals surface area contributed by atoms with E-state index < -0.39 is 6.10 Å². The first-order chi connectivity index (χ1) is 7.81. The number of carbonyl (C=O) groups excluding carboxylic acids is 1. The van der Waals surface area contributed by atoms with E-state index in [-0.39, 0.29) is 31.0 Å². The van der Waals surface area contributed by atoms with E-state index in [2.05, 4.69) is 0 Å². The summed E-state index contributed by atoms with van der Waals surface area (Å²) in [5.41, 5.74) is 0. The van der Waals surface area contributed by atoms with Gasteiger partial charge in [0.05, 0.1) is 6.10 Å². The third-order valence-electron chi connectivity index (χ3n) is 3.49. The normalized spacial score (nSPS) is 42.2. The predicted octanol–water partition coefficient (Wildman–Crippen LogP) is 0.572. The van der Waals surface area contributed by atoms with Gasteiger partial charge in [0.1, 0.15) is 19.2 Å². The fourth-order valence-electron chi connectivity index (χ4n) is 2.84. The van der Waals surface area contributed by atoms with Crippen LogP contribution in [0.1, 0.15) is 12.8 Å². The van der Waals surface area contributed by atoms with Crippen LogP contribution in [0, 0.1) is 11.8 Å². The summed E-state index contributed by atoms with van der Waals surface area (Å²) in [6.45, 7) is 0.261. The van der Waals surface area contributed by atoms with Crippen molar-refractivity contribution in [3.8, 4) is 0 Å². The maximum Gasteiger partial charge on any atom is 0.161 e. The lowest BCUT2D eigenvalue weighted by atomic mass is 9.92. The molecule has 2 fully saturated rings. The minimum absolute atomic E-state index is 0.0419. The van der Waals surface area contributed by atoms with E-state index in [1.54, 1.807) is 14.2 Å². The molecule has 5 atom stereocenters. The second-order valence-electron chi connectivity index (χ2n) is 4.27. The van der Waals surface area contributed by atoms with Gasteiger partial charge in [-0.15, -0.1) is 0 Å². The molecule has 0 aromatic heterocycles. The highest BCUT2D eigenvalue weighted by Crippen LogP contribution is 2.45. The largest absolute Gasteiger partial charge is 0.359 e. The van der Waals surface area contributed by atoms with E-state index in [1.807, 2.05) is 0 Å². The zero-order valence-electron chi connectivity index (χ0n) is 9.63. The van der Waals surface area contributed by atoms with Crippen molar-refractivity contribution in [2.75, 3.05) is 21.0 Å². The molecule has 0 aromatic carbocycles. The van der Waals surface area contributed by atoms with E-state index in [4.69, 9.17) is 18.9 Å². The van der Waals surface area contributed by atoms with Crippen molar-refractivity contribution in [3.63, 3.8) is 0 Å². The summed E-state index contributed by atoms with van der Waals surface area (Å²) in [6.07, 6.45) is 2.13. The van der Waals surface area contributed by atoms with Gasteiger partial charge in [-0.25, -0.2) is 0 Å². The standard InChI is InChI=1S/C11H18O5/c1-13-6-15-8-4-3-7-10(8)9(5-12)16-11(7)14-2/h5,7-11H,3-4,6H2,1-2H3/t7-,8+,9+,10-,11-/m0/s1. The average molecular weight is 230 g/mol. The molecule has 1 saturated carbocycles. The Morgan fingerprint density at radius 3 is 2.81 bits per heavy atom. The second-order valence-corrected chi connectivity index (χ2v) is 4.27. The summed E-state index contributed by atoms with van der Waals surface area (Å²) < 4.78 is 21.2. The first-order valence-corrected chi connectivity index (χ1v) is 5.56. The van der Waals surface area contributed by atoms with Crippen LogP contribution in [0.5, 0.6) is 0 Å². The van der Waals surface area contributed by atoms with Crippen LogP contribution in [0.25, 0.3) is 0 Å². The fraction of sp³-hybridized carbons (Fsp3) is 0.909. The number of aldehydes is 1. The van der Waals surface area contributed by atoms with Crippen molar-refractivity contribution in [2.24, 2.45) is 11.8 Å². The molecule has 0 N–H and O–H groups in total. The molecule has 0 radical (unpaired) electrons. The van der Waals surface area contributed by atoms with Gasteiger partial charge in [-0.2, -0.15) is 0 Å². The summed E-state index contributed by atoms with van der Waals surface area (Å²) in [4.78, 5) is 11.0. The molecule has 1 aliphatic carbocycles. The molecular weight excluding hydrogens is 212 g/mol. The van der Waals surface area contributed by atoms with Gasteiger partial charge in [0.15, 0.2) is 6.29 Å². The van der Waals surface area contributed by atoms with E-state index in [1.165, 1.54) is 0 Å². The SMILES string of the molecule is COCO[C@@H]1CC[C@@H]2[C@@H](OC)O[C@H](C=O)[C@@H]21. The Morgan fingerprint density at radius 1 is 1.38 bits per heavy atom. The van der Waals surface area contributed by atoms with Crippen LogP contribution in [-0.2, 0) is 23.7 Å². The molecule has 5 nitrogen and oxygen atoms in total. The van der Waals surface area contributed by atoms with Gasteiger partial charge in [0.25, 0.3) is 0 Å². The van der Waals surface area contributed by atoms with E-state index in [0.29, 0.717) is 0 Å². The third kappa shape index (κ3) is 2.00. The third-order valence-corrected chi connectivity index (χ3v) is 3.49. The summed E-state index contributed by atoms with van der Waals surface area (Å²) in [6, 6.07) is 0. The van der Waals surface area contributed by atoms with Crippen molar-refractivity contribution < 1.29 is 23.7 Å². The van der Waals surface area contributed by atoms with Gasteiger partial charge in [0.2, 0.25) is 0 Å². The van der Waals surface area contributed by atoms with Gasteiger partial charge >= 0.3 is 0 Å². The predicted molar refractivity (Wildman–Crippen MR) is 54.7 cm³/mol. The molecule has 2 rings (SSSR count). The molecule has 0 bridgehead atoms. The number of ether oxygens (including phenoxy) is 4. The van der Waals surface area contributed by atoms with Crippen molar-refractivity contribution in [2.45, 2.75) is 31.3 Å². The lowest BCUT2D eigenvalue weighted by Gasteiger charge is -2.20. The Bertz CT molecular complexity index is 245. The van der Waals surface area contributed by atoms with Gasteiger partial charge in [0, 0.05) is 26.1 Å². The molecule has 0 amide bonds. The molecule has 16 heavy (non-hydrogen) atoms. The van der Waals surface area contributed by atoms with Crippen molar-refractivity contribution in [1.82, 2.24) is 0 Å². The monoisotopic (exact) mass is 230 g/mol. The van der Waals surface area contributed by atoms with Crippen LogP contribution in [0.3, 0.4) is 0 Å². The zero-order valence-corrected chi connectivity index (χ0v) is 9.63. The number of rotatable bonds is 5. The summed E-state index contributed by atoms with van der Waals surface area (Å²) >= 11 is 0. The van der Waals surface area contributed by atoms with Gasteiger partial charge < -0.3 is 23.7 Å². The van der Waals surface area contributed by atoms with E-state index in [9.17, 15) is 4.79 Å². The van der Waals surface area contributed by atoms with Crippen LogP contribution in [0.15, 0.2) is 0 Å². The van der Waals surface area contributed by atoms with E-state index >= 15 is 0 Å². The number of carbonyl (C=O) groups is 1. The molecular formula is C11H18O5. The maximum absolute atomic E-state index is 11.0. The first kappa shape index (κ1) is 12.0. The van der Waals surface area contributed by atoms with Crippen molar-refractivity contribution >= 4 is 6.29 Å². The van der Waals surface area contributed by atoms with Crippen LogP contribution in [-0.4, -0.2) is 45.8 Å². The highest BCUT2D eigenvalue weighted by molar-refractivity contribution is 5.57. The smallest absolute Gasteiger partial charge is 0.161 e. The lowest BCUT2D eigenvalue weighted by Crippen LogP contribution is -2.30. The summed E-state index contributed by atoms with van der Waals surface area (Å²) in [5, 5.41) is 0. The number of hydrogen-bond donors (Lipinski definition) is 0. The van der Waals surface area contributed by atoms with Crippen LogP contribution in [0.2, 0.25) is 0 Å². The van der Waals surface area contributed by atoms with Crippen molar-refractivity contribution in [3.05, 3.63) is 0 Å². The molecule has 5 heteroatoms. The average Bonchev–Trinajstić information content (AvgIpc) is 2.86. The molecule has 0 spiro atoms. The molecule has 2 aliphatic rings. The molecule has 1 heterocycles. The number of fused-ring (bicyclic) bond motifs is 1. The van der Waals surface area contributed by atoms with Crippen molar-refractivity contribution in [1.29, 1.82) is 0 Å². The fourth-order valence-corrected chi connectivity index (χ4v) is 2.84.